The number of likely N-dealkylation sites (tertiary alicyclic amines) is 1. The average Bonchev–Trinajstić information content (AvgIpc) is 3.26. The number of anilines is 2. The molecule has 1 aliphatic rings. The zero-order valence-corrected chi connectivity index (χ0v) is 19.8. The van der Waals surface area contributed by atoms with Gasteiger partial charge in [-0.2, -0.15) is 5.10 Å². The highest BCUT2D eigenvalue weighted by Crippen LogP contribution is 2.36. The number of hydrogen-bond acceptors (Lipinski definition) is 7. The Morgan fingerprint density at radius 3 is 2.53 bits per heavy atom. The predicted molar refractivity (Wildman–Crippen MR) is 125 cm³/mol. The molecule has 3 aromatic rings. The van der Waals surface area contributed by atoms with Gasteiger partial charge in [0.25, 0.3) is 0 Å². The first-order chi connectivity index (χ1) is 15.4. The van der Waals surface area contributed by atoms with Crippen molar-refractivity contribution in [2.75, 3.05) is 32.6 Å². The zero-order valence-electron chi connectivity index (χ0n) is 18.3. The quantitative estimate of drug-likeness (QED) is 0.520. The second-order valence-corrected chi connectivity index (χ2v) is 8.66. The van der Waals surface area contributed by atoms with Crippen LogP contribution in [0.25, 0.3) is 0 Å². The molecule has 32 heavy (non-hydrogen) atoms. The molecule has 0 aliphatic carbocycles. The molecule has 0 atom stereocenters. The van der Waals surface area contributed by atoms with Gasteiger partial charge >= 0.3 is 0 Å². The van der Waals surface area contributed by atoms with Gasteiger partial charge in [0.05, 0.1) is 47.5 Å². The van der Waals surface area contributed by atoms with Gasteiger partial charge < -0.3 is 19.7 Å². The third kappa shape index (κ3) is 5.09. The largest absolute Gasteiger partial charge is 0.495 e. The summed E-state index contributed by atoms with van der Waals surface area (Å²) in [5.41, 5.74) is 2.37. The maximum absolute atomic E-state index is 6.40. The molecule has 4 rings (SSSR count). The summed E-state index contributed by atoms with van der Waals surface area (Å²) >= 11 is 12.8. The molecule has 1 aromatic carbocycles. The second kappa shape index (κ2) is 9.94. The molecule has 3 heterocycles. The Hall–Kier alpha value is -2.55. The van der Waals surface area contributed by atoms with Crippen LogP contribution >= 0.6 is 23.2 Å². The second-order valence-electron chi connectivity index (χ2n) is 7.90. The highest BCUT2D eigenvalue weighted by atomic mass is 35.5. The summed E-state index contributed by atoms with van der Waals surface area (Å²) in [4.78, 5) is 11.0. The average molecular weight is 477 g/mol. The van der Waals surface area contributed by atoms with E-state index >= 15 is 0 Å². The first-order valence-corrected chi connectivity index (χ1v) is 11.2. The molecule has 0 unspecified atom stereocenters. The number of hydrogen-bond donors (Lipinski definition) is 1. The molecular weight excluding hydrogens is 451 g/mol. The molecule has 1 aliphatic heterocycles. The first kappa shape index (κ1) is 22.6. The molecule has 1 fully saturated rings. The molecule has 0 amide bonds. The highest BCUT2D eigenvalue weighted by molar-refractivity contribution is 6.37. The molecule has 1 N–H and O–H groups in total. The molecule has 8 nitrogen and oxygen atoms in total. The van der Waals surface area contributed by atoms with Crippen LogP contribution in [0.2, 0.25) is 10.0 Å². The maximum Gasteiger partial charge on any atom is 0.227 e. The lowest BCUT2D eigenvalue weighted by Gasteiger charge is -2.28. The van der Waals surface area contributed by atoms with E-state index in [2.05, 4.69) is 32.3 Å². The molecule has 0 bridgehead atoms. The summed E-state index contributed by atoms with van der Waals surface area (Å²) in [6, 6.07) is 2.23. The van der Waals surface area contributed by atoms with E-state index in [-0.39, 0.29) is 6.61 Å². The van der Waals surface area contributed by atoms with Gasteiger partial charge in [-0.15, -0.1) is 0 Å². The van der Waals surface area contributed by atoms with E-state index in [0.717, 1.165) is 37.2 Å². The van der Waals surface area contributed by atoms with E-state index < -0.39 is 0 Å². The normalized spacial score (nSPS) is 15.0. The van der Waals surface area contributed by atoms with Crippen molar-refractivity contribution in [2.45, 2.75) is 32.4 Å². The van der Waals surface area contributed by atoms with Crippen LogP contribution in [0.4, 0.5) is 11.6 Å². The lowest BCUT2D eigenvalue weighted by Crippen LogP contribution is -2.31. The van der Waals surface area contributed by atoms with Crippen LogP contribution in [0.15, 0.2) is 30.9 Å². The predicted octanol–water partition coefficient (Wildman–Crippen LogP) is 4.89. The fourth-order valence-electron chi connectivity index (χ4n) is 3.68. The van der Waals surface area contributed by atoms with Crippen LogP contribution < -0.4 is 14.8 Å². The minimum atomic E-state index is 0.176. The lowest BCUT2D eigenvalue weighted by atomic mass is 10.1. The minimum Gasteiger partial charge on any atom is -0.495 e. The number of aryl methyl sites for hydroxylation is 1. The van der Waals surface area contributed by atoms with Crippen LogP contribution in [-0.2, 0) is 6.61 Å². The Bertz CT molecular complexity index is 1070. The van der Waals surface area contributed by atoms with E-state index in [4.69, 9.17) is 32.7 Å². The molecule has 1 saturated heterocycles. The van der Waals surface area contributed by atoms with Gasteiger partial charge in [0.15, 0.2) is 5.75 Å². The summed E-state index contributed by atoms with van der Waals surface area (Å²) in [5.74, 6) is 1.53. The summed E-state index contributed by atoms with van der Waals surface area (Å²) in [7, 11) is 3.72. The van der Waals surface area contributed by atoms with Gasteiger partial charge in [0.1, 0.15) is 12.4 Å². The van der Waals surface area contributed by atoms with Gasteiger partial charge in [0, 0.05) is 11.8 Å². The lowest BCUT2D eigenvalue weighted by molar-refractivity contribution is 0.212. The van der Waals surface area contributed by atoms with Gasteiger partial charge in [-0.1, -0.05) is 23.2 Å². The van der Waals surface area contributed by atoms with Crippen LogP contribution in [0.3, 0.4) is 0 Å². The Morgan fingerprint density at radius 1 is 1.12 bits per heavy atom. The standard InChI is InChI=1S/C22H26Cl2N6O2/c1-14-8-19(31-3)21(24)18(20(14)23)13-32-17-10-25-22(26-11-17)28-15-9-27-30(12-15)16-4-6-29(2)7-5-16/h8-12,16H,4-7,13H2,1-3H3,(H,25,26,28). The summed E-state index contributed by atoms with van der Waals surface area (Å²) in [6.45, 7) is 4.24. The number of piperidine rings is 1. The van der Waals surface area contributed by atoms with Crippen molar-refractivity contribution in [3.05, 3.63) is 52.0 Å². The van der Waals surface area contributed by atoms with Crippen LogP contribution in [-0.4, -0.2) is 51.9 Å². The van der Waals surface area contributed by atoms with Crippen molar-refractivity contribution in [2.24, 2.45) is 0 Å². The Labute approximate surface area is 197 Å². The molecule has 0 radical (unpaired) electrons. The van der Waals surface area contributed by atoms with Gasteiger partial charge in [0.2, 0.25) is 5.95 Å². The van der Waals surface area contributed by atoms with Crippen molar-refractivity contribution >= 4 is 34.8 Å². The van der Waals surface area contributed by atoms with E-state index in [9.17, 15) is 0 Å². The molecule has 10 heteroatoms. The number of ether oxygens (including phenoxy) is 2. The van der Waals surface area contributed by atoms with Crippen molar-refractivity contribution in [1.29, 1.82) is 0 Å². The van der Waals surface area contributed by atoms with E-state index in [1.807, 2.05) is 17.8 Å². The Balaban J connectivity index is 1.37. The number of benzene rings is 1. The van der Waals surface area contributed by atoms with Crippen molar-refractivity contribution in [3.8, 4) is 11.5 Å². The SMILES string of the molecule is COc1cc(C)c(Cl)c(COc2cnc(Nc3cnn(C4CCN(C)CC4)c3)nc2)c1Cl. The summed E-state index contributed by atoms with van der Waals surface area (Å²) < 4.78 is 13.1. The fraction of sp³-hybridized carbons (Fsp3) is 0.409. The third-order valence-electron chi connectivity index (χ3n) is 5.59. The zero-order chi connectivity index (χ0) is 22.7. The van der Waals surface area contributed by atoms with Gasteiger partial charge in [-0.3, -0.25) is 4.68 Å². The molecular formula is C22H26Cl2N6O2. The first-order valence-electron chi connectivity index (χ1n) is 10.4. The Morgan fingerprint density at radius 2 is 1.84 bits per heavy atom. The van der Waals surface area contributed by atoms with Crippen molar-refractivity contribution < 1.29 is 9.47 Å². The summed E-state index contributed by atoms with van der Waals surface area (Å²) in [5, 5.41) is 8.67. The smallest absolute Gasteiger partial charge is 0.227 e. The van der Waals surface area contributed by atoms with E-state index in [0.29, 0.717) is 39.1 Å². The topological polar surface area (TPSA) is 77.3 Å². The van der Waals surface area contributed by atoms with Crippen LogP contribution in [0, 0.1) is 6.92 Å². The number of halogens is 2. The number of rotatable bonds is 7. The monoisotopic (exact) mass is 476 g/mol. The van der Waals surface area contributed by atoms with E-state index in [1.165, 1.54) is 0 Å². The molecule has 0 saturated carbocycles. The molecule has 2 aromatic heterocycles. The number of nitrogens with zero attached hydrogens (tertiary/aromatic N) is 5. The molecule has 0 spiro atoms. The summed E-state index contributed by atoms with van der Waals surface area (Å²) in [6.07, 6.45) is 9.19. The van der Waals surface area contributed by atoms with Crippen molar-refractivity contribution in [3.63, 3.8) is 0 Å². The third-order valence-corrected chi connectivity index (χ3v) is 6.53. The fourth-order valence-corrected chi connectivity index (χ4v) is 4.22. The van der Waals surface area contributed by atoms with Gasteiger partial charge in [-0.25, -0.2) is 9.97 Å². The highest BCUT2D eigenvalue weighted by Gasteiger charge is 2.19. The van der Waals surface area contributed by atoms with Crippen LogP contribution in [0.5, 0.6) is 11.5 Å². The van der Waals surface area contributed by atoms with Crippen LogP contribution in [0.1, 0.15) is 30.0 Å². The number of methoxy groups -OCH3 is 1. The molecule has 170 valence electrons. The minimum absolute atomic E-state index is 0.176. The number of nitrogens with one attached hydrogen (secondary N) is 1. The number of aromatic nitrogens is 4. The van der Waals surface area contributed by atoms with Gasteiger partial charge in [-0.05, 0) is 51.5 Å². The maximum atomic E-state index is 6.40. The van der Waals surface area contributed by atoms with E-state index in [1.54, 1.807) is 31.8 Å². The van der Waals surface area contributed by atoms with Crippen molar-refractivity contribution in [1.82, 2.24) is 24.6 Å². The Kier molecular flexibility index (Phi) is 7.03.